The number of hydrogen-bond donors (Lipinski definition) is 2. The van der Waals surface area contributed by atoms with Crippen LogP contribution in [0.1, 0.15) is 57.1 Å². The third-order valence-corrected chi connectivity index (χ3v) is 4.64. The Morgan fingerprint density at radius 3 is 1.97 bits per heavy atom. The Hall–Kier alpha value is -3.02. The number of hydrogen-bond acceptors (Lipinski definition) is 4. The van der Waals surface area contributed by atoms with Crippen LogP contribution in [0.15, 0.2) is 36.4 Å². The van der Waals surface area contributed by atoms with Gasteiger partial charge in [0.05, 0.1) is 19.9 Å². The molecule has 0 fully saturated rings. The first-order valence-electron chi connectivity index (χ1n) is 9.71. The first-order chi connectivity index (χ1) is 13.8. The number of carbonyl (C=O) groups excluding carboxylic acids is 2. The van der Waals surface area contributed by atoms with Crippen molar-refractivity contribution in [1.82, 2.24) is 0 Å². The lowest BCUT2D eigenvalue weighted by Gasteiger charge is -2.20. The average molecular weight is 399 g/mol. The zero-order valence-electron chi connectivity index (χ0n) is 18.0. The Labute approximate surface area is 172 Å². The molecule has 6 nitrogen and oxygen atoms in total. The Morgan fingerprint density at radius 2 is 1.45 bits per heavy atom. The van der Waals surface area contributed by atoms with Gasteiger partial charge in [-0.15, -0.1) is 0 Å². The van der Waals surface area contributed by atoms with Gasteiger partial charge >= 0.3 is 0 Å². The summed E-state index contributed by atoms with van der Waals surface area (Å²) in [6.07, 6.45) is -0.293. The van der Waals surface area contributed by atoms with E-state index < -0.39 is 5.91 Å². The highest BCUT2D eigenvalue weighted by Crippen LogP contribution is 2.33. The highest BCUT2D eigenvalue weighted by Gasteiger charge is 2.18. The predicted molar refractivity (Wildman–Crippen MR) is 116 cm³/mol. The monoisotopic (exact) mass is 398 g/mol. The van der Waals surface area contributed by atoms with Gasteiger partial charge in [-0.1, -0.05) is 45.9 Å². The van der Waals surface area contributed by atoms with Gasteiger partial charge in [-0.05, 0) is 35.1 Å². The molecule has 0 heterocycles. The largest absolute Gasteiger partial charge is 0.497 e. The summed E-state index contributed by atoms with van der Waals surface area (Å²) in [7, 11) is 3.06. The first kappa shape index (κ1) is 22.3. The van der Waals surface area contributed by atoms with Gasteiger partial charge in [-0.3, -0.25) is 9.59 Å². The first-order valence-corrected chi connectivity index (χ1v) is 9.71. The van der Waals surface area contributed by atoms with E-state index in [9.17, 15) is 9.59 Å². The summed E-state index contributed by atoms with van der Waals surface area (Å²) in [6, 6.07) is 11.1. The van der Waals surface area contributed by atoms with Gasteiger partial charge in [0.2, 0.25) is 11.8 Å². The summed E-state index contributed by atoms with van der Waals surface area (Å²) < 4.78 is 10.4. The van der Waals surface area contributed by atoms with E-state index in [1.165, 1.54) is 7.11 Å². The van der Waals surface area contributed by atoms with E-state index in [0.717, 1.165) is 16.8 Å². The minimum atomic E-state index is -0.418. The lowest BCUT2D eigenvalue weighted by molar-refractivity contribution is -0.123. The van der Waals surface area contributed by atoms with Crippen LogP contribution in [0.4, 0.5) is 11.4 Å². The van der Waals surface area contributed by atoms with Gasteiger partial charge in [0, 0.05) is 11.8 Å². The van der Waals surface area contributed by atoms with Crippen LogP contribution in [0.3, 0.4) is 0 Å². The topological polar surface area (TPSA) is 76.7 Å². The van der Waals surface area contributed by atoms with E-state index in [0.29, 0.717) is 17.2 Å². The van der Waals surface area contributed by atoms with E-state index >= 15 is 0 Å². The van der Waals surface area contributed by atoms with E-state index in [-0.39, 0.29) is 24.2 Å². The van der Waals surface area contributed by atoms with Crippen molar-refractivity contribution in [3.63, 3.8) is 0 Å². The fraction of sp³-hybridized carbons (Fsp3) is 0.391. The van der Waals surface area contributed by atoms with Crippen molar-refractivity contribution in [2.24, 2.45) is 0 Å². The summed E-state index contributed by atoms with van der Waals surface area (Å²) in [6.45, 7) is 8.32. The summed E-state index contributed by atoms with van der Waals surface area (Å²) >= 11 is 0. The molecule has 0 spiro atoms. The molecule has 2 N–H and O–H groups in total. The van der Waals surface area contributed by atoms with Crippen LogP contribution in [0.25, 0.3) is 0 Å². The molecule has 156 valence electrons. The van der Waals surface area contributed by atoms with Crippen molar-refractivity contribution in [1.29, 1.82) is 0 Å². The van der Waals surface area contributed by atoms with Gasteiger partial charge in [0.25, 0.3) is 0 Å². The number of amides is 2. The standard InChI is InChI=1S/C23H30N2O4/c1-14(2)17-8-7-9-18(15(3)4)23(17)25-22(27)13-21(26)24-19-11-10-16(28-5)12-20(19)29-6/h7-12,14-15H,13H2,1-6H3,(H,24,26)(H,25,27). The molecule has 0 aliphatic rings. The van der Waals surface area contributed by atoms with E-state index in [2.05, 4.69) is 38.3 Å². The fourth-order valence-corrected chi connectivity index (χ4v) is 3.12. The van der Waals surface area contributed by atoms with Gasteiger partial charge in [0.1, 0.15) is 17.9 Å². The minimum absolute atomic E-state index is 0.251. The van der Waals surface area contributed by atoms with Crippen molar-refractivity contribution in [3.8, 4) is 11.5 Å². The Morgan fingerprint density at radius 1 is 0.862 bits per heavy atom. The number of benzene rings is 2. The van der Waals surface area contributed by atoms with Crippen LogP contribution < -0.4 is 20.1 Å². The highest BCUT2D eigenvalue weighted by molar-refractivity contribution is 6.09. The molecule has 2 amide bonds. The van der Waals surface area contributed by atoms with Gasteiger partial charge in [-0.2, -0.15) is 0 Å². The second-order valence-electron chi connectivity index (χ2n) is 7.46. The van der Waals surface area contributed by atoms with Crippen LogP contribution in [0.2, 0.25) is 0 Å². The smallest absolute Gasteiger partial charge is 0.233 e. The Balaban J connectivity index is 2.13. The second kappa shape index (κ2) is 9.96. The minimum Gasteiger partial charge on any atom is -0.497 e. The molecule has 6 heteroatoms. The predicted octanol–water partition coefficient (Wildman–Crippen LogP) is 4.92. The summed E-state index contributed by atoms with van der Waals surface area (Å²) in [4.78, 5) is 25.0. The maximum atomic E-state index is 12.6. The number of nitrogens with one attached hydrogen (secondary N) is 2. The third-order valence-electron chi connectivity index (χ3n) is 4.64. The molecule has 0 bridgehead atoms. The van der Waals surface area contributed by atoms with Crippen molar-refractivity contribution < 1.29 is 19.1 Å². The quantitative estimate of drug-likeness (QED) is 0.619. The van der Waals surface area contributed by atoms with E-state index in [1.54, 1.807) is 25.3 Å². The summed E-state index contributed by atoms with van der Waals surface area (Å²) in [5.41, 5.74) is 3.40. The Kier molecular flexibility index (Phi) is 7.65. The zero-order chi connectivity index (χ0) is 21.6. The third kappa shape index (κ3) is 5.73. The number of ether oxygens (including phenoxy) is 2. The normalized spacial score (nSPS) is 10.8. The number of methoxy groups -OCH3 is 2. The molecule has 0 unspecified atom stereocenters. The number of rotatable bonds is 8. The highest BCUT2D eigenvalue weighted by atomic mass is 16.5. The second-order valence-corrected chi connectivity index (χ2v) is 7.46. The van der Waals surface area contributed by atoms with Crippen molar-refractivity contribution >= 4 is 23.2 Å². The Bertz CT molecular complexity index is 849. The van der Waals surface area contributed by atoms with E-state index in [1.807, 2.05) is 18.2 Å². The summed E-state index contributed by atoms with van der Waals surface area (Å²) in [5.74, 6) is 0.807. The van der Waals surface area contributed by atoms with Crippen LogP contribution in [0.5, 0.6) is 11.5 Å². The van der Waals surface area contributed by atoms with Crippen molar-refractivity contribution in [3.05, 3.63) is 47.5 Å². The van der Waals surface area contributed by atoms with Crippen LogP contribution in [0, 0.1) is 0 Å². The molecular weight excluding hydrogens is 368 g/mol. The lowest BCUT2D eigenvalue weighted by atomic mass is 9.92. The lowest BCUT2D eigenvalue weighted by Crippen LogP contribution is -2.23. The number of para-hydroxylation sites is 1. The molecule has 2 aromatic carbocycles. The summed E-state index contributed by atoms with van der Waals surface area (Å²) in [5, 5.41) is 5.68. The fourth-order valence-electron chi connectivity index (χ4n) is 3.12. The zero-order valence-corrected chi connectivity index (χ0v) is 18.0. The molecule has 0 saturated heterocycles. The van der Waals surface area contributed by atoms with Crippen LogP contribution >= 0.6 is 0 Å². The van der Waals surface area contributed by atoms with Crippen molar-refractivity contribution in [2.75, 3.05) is 24.9 Å². The number of anilines is 2. The SMILES string of the molecule is COc1ccc(NC(=O)CC(=O)Nc2c(C(C)C)cccc2C(C)C)c(OC)c1. The molecule has 2 aromatic rings. The van der Waals surface area contributed by atoms with Crippen LogP contribution in [-0.4, -0.2) is 26.0 Å². The van der Waals surface area contributed by atoms with Crippen molar-refractivity contribution in [2.45, 2.75) is 46.0 Å². The molecule has 0 aromatic heterocycles. The number of carbonyl (C=O) groups is 2. The van der Waals surface area contributed by atoms with Gasteiger partial charge < -0.3 is 20.1 Å². The van der Waals surface area contributed by atoms with Crippen LogP contribution in [-0.2, 0) is 9.59 Å². The average Bonchev–Trinajstić information content (AvgIpc) is 2.67. The van der Waals surface area contributed by atoms with Gasteiger partial charge in [0.15, 0.2) is 0 Å². The molecular formula is C23H30N2O4. The van der Waals surface area contributed by atoms with Gasteiger partial charge in [-0.25, -0.2) is 0 Å². The molecule has 0 radical (unpaired) electrons. The molecule has 0 aliphatic heterocycles. The molecule has 29 heavy (non-hydrogen) atoms. The molecule has 2 rings (SSSR count). The maximum absolute atomic E-state index is 12.6. The molecule has 0 aliphatic carbocycles. The maximum Gasteiger partial charge on any atom is 0.233 e. The molecule has 0 atom stereocenters. The van der Waals surface area contributed by atoms with E-state index in [4.69, 9.17) is 9.47 Å². The molecule has 0 saturated carbocycles.